The van der Waals surface area contributed by atoms with Gasteiger partial charge in [-0.05, 0) is 68.4 Å². The van der Waals surface area contributed by atoms with Gasteiger partial charge in [-0.2, -0.15) is 13.2 Å². The van der Waals surface area contributed by atoms with Crippen molar-refractivity contribution in [1.82, 2.24) is 14.7 Å². The Morgan fingerprint density at radius 2 is 1.67 bits per heavy atom. The number of piperazine rings is 1. The third-order valence-corrected chi connectivity index (χ3v) is 7.12. The van der Waals surface area contributed by atoms with Crippen molar-refractivity contribution in [2.24, 2.45) is 0 Å². The lowest BCUT2D eigenvalue weighted by molar-refractivity contribution is -0.137. The predicted molar refractivity (Wildman–Crippen MR) is 137 cm³/mol. The first-order valence-corrected chi connectivity index (χ1v) is 12.9. The van der Waals surface area contributed by atoms with Crippen molar-refractivity contribution >= 4 is 11.6 Å². The van der Waals surface area contributed by atoms with E-state index in [2.05, 4.69) is 42.1 Å². The van der Waals surface area contributed by atoms with Crippen LogP contribution in [-0.4, -0.2) is 67.4 Å². The van der Waals surface area contributed by atoms with Crippen LogP contribution in [0.2, 0.25) is 0 Å². The lowest BCUT2D eigenvalue weighted by Gasteiger charge is -2.36. The summed E-state index contributed by atoms with van der Waals surface area (Å²) in [4.78, 5) is 21.2. The molecule has 2 aromatic carbocycles. The van der Waals surface area contributed by atoms with Gasteiger partial charge in [-0.25, -0.2) is 0 Å². The highest BCUT2D eigenvalue weighted by molar-refractivity contribution is 5.77. The molecule has 0 N–H and O–H groups in total. The molecule has 2 aliphatic rings. The maximum Gasteiger partial charge on any atom is 0.416 e. The molecule has 0 saturated carbocycles. The first-order valence-electron chi connectivity index (χ1n) is 12.9. The molecular weight excluding hydrogens is 465 g/mol. The molecule has 0 atom stereocenters. The number of hydrogen-bond donors (Lipinski definition) is 0. The Morgan fingerprint density at radius 1 is 0.917 bits per heavy atom. The van der Waals surface area contributed by atoms with E-state index in [9.17, 15) is 18.0 Å². The number of rotatable bonds is 9. The number of amides is 1. The maximum absolute atomic E-state index is 13.0. The monoisotopic (exact) mass is 502 g/mol. The summed E-state index contributed by atoms with van der Waals surface area (Å²) in [6.45, 7) is 6.44. The fourth-order valence-corrected chi connectivity index (χ4v) is 5.14. The Bertz CT molecular complexity index is 1030. The number of alkyl halides is 3. The van der Waals surface area contributed by atoms with Gasteiger partial charge in [0.1, 0.15) is 0 Å². The van der Waals surface area contributed by atoms with Crippen LogP contribution in [0.4, 0.5) is 18.9 Å². The number of anilines is 1. The van der Waals surface area contributed by atoms with Gasteiger partial charge in [0, 0.05) is 57.9 Å². The normalized spacial score (nSPS) is 16.6. The molecule has 0 unspecified atom stereocenters. The lowest BCUT2D eigenvalue weighted by atomic mass is 10.1. The van der Waals surface area contributed by atoms with Gasteiger partial charge < -0.3 is 14.7 Å². The summed E-state index contributed by atoms with van der Waals surface area (Å²) in [6.07, 6.45) is -0.796. The summed E-state index contributed by atoms with van der Waals surface area (Å²) in [5.41, 5.74) is 3.86. The fraction of sp³-hybridized carbons (Fsp3) is 0.536. The van der Waals surface area contributed by atoms with Crippen LogP contribution >= 0.6 is 0 Å². The van der Waals surface area contributed by atoms with E-state index in [1.807, 2.05) is 9.80 Å². The van der Waals surface area contributed by atoms with Gasteiger partial charge in [-0.1, -0.05) is 30.7 Å². The van der Waals surface area contributed by atoms with Crippen LogP contribution in [0.25, 0.3) is 0 Å². The van der Waals surface area contributed by atoms with E-state index in [0.717, 1.165) is 64.6 Å². The number of carbonyl (C=O) groups excluding carboxylic acids is 1. The van der Waals surface area contributed by atoms with E-state index in [1.54, 1.807) is 6.07 Å². The molecule has 1 amide bonds. The van der Waals surface area contributed by atoms with Gasteiger partial charge in [0.25, 0.3) is 0 Å². The molecule has 1 fully saturated rings. The molecule has 0 spiro atoms. The van der Waals surface area contributed by atoms with E-state index in [-0.39, 0.29) is 5.91 Å². The van der Waals surface area contributed by atoms with E-state index in [4.69, 9.17) is 0 Å². The number of unbranched alkanes of at least 4 members (excludes halogenated alkanes) is 2. The SMILES string of the molecule is CN(C)Cc1ccc2c(c1)CN(C(=O)CCCCCN1CCN(c3cccc(C(F)(F)F)c3)CC1)C2. The minimum absolute atomic E-state index is 0.232. The average molecular weight is 503 g/mol. The standard InChI is InChI=1S/C28H37F3N4O/c1-32(2)19-22-10-11-23-20-35(21-24(23)17-22)27(36)9-4-3-5-12-33-13-15-34(16-14-33)26-8-6-7-25(18-26)28(29,30)31/h6-8,10-11,17-18H,3-5,9,12-16,19-21H2,1-2H3. The van der Waals surface area contributed by atoms with Gasteiger partial charge >= 0.3 is 6.18 Å². The number of carbonyl (C=O) groups is 1. The largest absolute Gasteiger partial charge is 0.416 e. The van der Waals surface area contributed by atoms with Crippen LogP contribution in [0.1, 0.15) is 47.9 Å². The Hall–Kier alpha value is -2.58. The van der Waals surface area contributed by atoms with Crippen LogP contribution < -0.4 is 4.90 Å². The molecule has 2 aromatic rings. The van der Waals surface area contributed by atoms with E-state index < -0.39 is 11.7 Å². The molecule has 36 heavy (non-hydrogen) atoms. The fourth-order valence-electron chi connectivity index (χ4n) is 5.14. The molecule has 0 aliphatic carbocycles. The second-order valence-corrected chi connectivity index (χ2v) is 10.3. The van der Waals surface area contributed by atoms with Crippen LogP contribution in [0.5, 0.6) is 0 Å². The molecule has 0 radical (unpaired) electrons. The Kier molecular flexibility index (Phi) is 8.57. The molecule has 1 saturated heterocycles. The number of benzene rings is 2. The lowest BCUT2D eigenvalue weighted by Crippen LogP contribution is -2.46. The zero-order chi connectivity index (χ0) is 25.7. The summed E-state index contributed by atoms with van der Waals surface area (Å²) in [5, 5.41) is 0. The zero-order valence-electron chi connectivity index (χ0n) is 21.4. The molecular formula is C28H37F3N4O. The zero-order valence-corrected chi connectivity index (χ0v) is 21.4. The smallest absolute Gasteiger partial charge is 0.369 e. The van der Waals surface area contributed by atoms with E-state index in [1.165, 1.54) is 28.8 Å². The maximum atomic E-state index is 13.0. The Labute approximate surface area is 212 Å². The van der Waals surface area contributed by atoms with Gasteiger partial charge in [0.2, 0.25) is 5.91 Å². The molecule has 5 nitrogen and oxygen atoms in total. The van der Waals surface area contributed by atoms with Gasteiger partial charge in [-0.15, -0.1) is 0 Å². The minimum Gasteiger partial charge on any atom is -0.369 e. The Morgan fingerprint density at radius 3 is 2.39 bits per heavy atom. The summed E-state index contributed by atoms with van der Waals surface area (Å²) in [7, 11) is 4.12. The molecule has 2 heterocycles. The van der Waals surface area contributed by atoms with Gasteiger partial charge in [0.15, 0.2) is 0 Å². The average Bonchev–Trinajstić information content (AvgIpc) is 3.27. The number of hydrogen-bond acceptors (Lipinski definition) is 4. The van der Waals surface area contributed by atoms with Crippen molar-refractivity contribution < 1.29 is 18.0 Å². The summed E-state index contributed by atoms with van der Waals surface area (Å²) >= 11 is 0. The van der Waals surface area contributed by atoms with Crippen LogP contribution in [0.3, 0.4) is 0 Å². The van der Waals surface area contributed by atoms with Crippen molar-refractivity contribution in [3.8, 4) is 0 Å². The van der Waals surface area contributed by atoms with Crippen LogP contribution in [-0.2, 0) is 30.6 Å². The van der Waals surface area contributed by atoms with Gasteiger partial charge in [-0.3, -0.25) is 9.69 Å². The van der Waals surface area contributed by atoms with Crippen molar-refractivity contribution in [3.05, 3.63) is 64.7 Å². The Balaban J connectivity index is 1.12. The van der Waals surface area contributed by atoms with E-state index in [0.29, 0.717) is 25.2 Å². The van der Waals surface area contributed by atoms with Crippen LogP contribution in [0, 0.1) is 0 Å². The molecule has 196 valence electrons. The third-order valence-electron chi connectivity index (χ3n) is 7.12. The second-order valence-electron chi connectivity index (χ2n) is 10.3. The summed E-state index contributed by atoms with van der Waals surface area (Å²) in [6, 6.07) is 12.2. The molecule has 2 aliphatic heterocycles. The predicted octanol–water partition coefficient (Wildman–Crippen LogP) is 4.99. The van der Waals surface area contributed by atoms with Crippen molar-refractivity contribution in [1.29, 1.82) is 0 Å². The summed E-state index contributed by atoms with van der Waals surface area (Å²) in [5.74, 6) is 0.232. The number of nitrogens with zero attached hydrogens (tertiary/aromatic N) is 4. The third kappa shape index (κ3) is 7.01. The van der Waals surface area contributed by atoms with Crippen molar-refractivity contribution in [2.45, 2.75) is 51.5 Å². The van der Waals surface area contributed by atoms with Crippen LogP contribution in [0.15, 0.2) is 42.5 Å². The molecule has 0 bridgehead atoms. The van der Waals surface area contributed by atoms with Crippen molar-refractivity contribution in [3.63, 3.8) is 0 Å². The first-order chi connectivity index (χ1) is 17.2. The first kappa shape index (κ1) is 26.5. The van der Waals surface area contributed by atoms with Gasteiger partial charge in [0.05, 0.1) is 5.56 Å². The van der Waals surface area contributed by atoms with E-state index >= 15 is 0 Å². The second kappa shape index (κ2) is 11.6. The summed E-state index contributed by atoms with van der Waals surface area (Å²) < 4.78 is 39.0. The number of halogens is 3. The molecule has 0 aromatic heterocycles. The topological polar surface area (TPSA) is 30.0 Å². The van der Waals surface area contributed by atoms with Crippen molar-refractivity contribution in [2.75, 3.05) is 51.7 Å². The molecule has 8 heteroatoms. The quantitative estimate of drug-likeness (QED) is 0.452. The number of fused-ring (bicyclic) bond motifs is 1. The highest BCUT2D eigenvalue weighted by Gasteiger charge is 2.31. The highest BCUT2D eigenvalue weighted by Crippen LogP contribution is 2.32. The minimum atomic E-state index is -4.31. The molecule has 4 rings (SSSR count). The highest BCUT2D eigenvalue weighted by atomic mass is 19.4.